The Labute approximate surface area is 575 Å². The van der Waals surface area contributed by atoms with Crippen LogP contribution in [0.2, 0.25) is 0 Å². The molecule has 0 bridgehead atoms. The summed E-state index contributed by atoms with van der Waals surface area (Å²) in [7, 11) is -9.90. The number of aliphatic hydroxyl groups excluding tert-OH is 1. The third-order valence-electron chi connectivity index (χ3n) is 17.5. The molecular formula is C75H146O17P2. The number of hydrogen-bond donors (Lipinski definition) is 3. The van der Waals surface area contributed by atoms with E-state index in [1.54, 1.807) is 0 Å². The fraction of sp³-hybridized carbons (Fsp3) is 0.947. The minimum absolute atomic E-state index is 0.103. The first-order valence-corrected chi connectivity index (χ1v) is 42.1. The zero-order valence-corrected chi connectivity index (χ0v) is 62.9. The normalized spacial score (nSPS) is 14.0. The minimum Gasteiger partial charge on any atom is -0.462 e. The van der Waals surface area contributed by atoms with Gasteiger partial charge in [-0.05, 0) is 31.6 Å². The summed E-state index contributed by atoms with van der Waals surface area (Å²) in [4.78, 5) is 72.6. The Bertz CT molecular complexity index is 1810. The van der Waals surface area contributed by atoms with Gasteiger partial charge in [0.05, 0.1) is 26.4 Å². The summed E-state index contributed by atoms with van der Waals surface area (Å²) in [6.07, 6.45) is 57.2. The Balaban J connectivity index is 5.18. The highest BCUT2D eigenvalue weighted by atomic mass is 31.2. The van der Waals surface area contributed by atoms with E-state index in [1.165, 1.54) is 218 Å². The summed E-state index contributed by atoms with van der Waals surface area (Å²) in [5.74, 6) is -1.45. The highest BCUT2D eigenvalue weighted by Crippen LogP contribution is 2.45. The smallest absolute Gasteiger partial charge is 0.462 e. The summed E-state index contributed by atoms with van der Waals surface area (Å²) >= 11 is 0. The average Bonchev–Trinajstić information content (AvgIpc) is 1.94. The maximum atomic E-state index is 13.1. The summed E-state index contributed by atoms with van der Waals surface area (Å²) < 4.78 is 68.4. The maximum absolute atomic E-state index is 13.1. The molecule has 5 atom stereocenters. The first kappa shape index (κ1) is 92.1. The van der Waals surface area contributed by atoms with Crippen LogP contribution in [0.5, 0.6) is 0 Å². The predicted molar refractivity (Wildman–Crippen MR) is 382 cm³/mol. The standard InChI is InChI=1S/C75H146O17P2/c1-6-9-12-15-18-21-23-25-27-29-31-33-35-37-40-43-49-54-59-73(78)86-64-70(91-74(79)60-55-50-44-41-38-36-34-32-30-28-26-24-22-19-16-13-10-7-2)66-89-93(81,82)87-62-69(76)63-88-94(83,84)90-67-71(92-75(80)61-56-51-46-45-47-52-57-68(4)5)65-85-72(77)58-53-48-42-39-20-17-14-11-8-3/h68-71,76H,6-67H2,1-5H3,(H,81,82)(H,83,84)/t69-,70-,71-/m1/s1. The van der Waals surface area contributed by atoms with Crippen molar-refractivity contribution in [2.45, 2.75) is 412 Å². The summed E-state index contributed by atoms with van der Waals surface area (Å²) in [6, 6.07) is 0. The van der Waals surface area contributed by atoms with E-state index in [1.807, 2.05) is 0 Å². The van der Waals surface area contributed by atoms with Gasteiger partial charge in [0.25, 0.3) is 0 Å². The largest absolute Gasteiger partial charge is 0.472 e. The average molecular weight is 1380 g/mol. The molecule has 0 aromatic carbocycles. The lowest BCUT2D eigenvalue weighted by Crippen LogP contribution is -2.30. The Morgan fingerprint density at radius 1 is 0.287 bits per heavy atom. The van der Waals surface area contributed by atoms with Gasteiger partial charge in [-0.1, -0.05) is 343 Å². The van der Waals surface area contributed by atoms with E-state index in [9.17, 15) is 43.2 Å². The van der Waals surface area contributed by atoms with Crippen LogP contribution in [0.3, 0.4) is 0 Å². The molecule has 0 radical (unpaired) electrons. The van der Waals surface area contributed by atoms with Crippen LogP contribution in [0.4, 0.5) is 0 Å². The van der Waals surface area contributed by atoms with Gasteiger partial charge in [0.2, 0.25) is 0 Å². The van der Waals surface area contributed by atoms with Gasteiger partial charge in [-0.25, -0.2) is 9.13 Å². The quantitative estimate of drug-likeness (QED) is 0.0222. The second-order valence-corrected chi connectivity index (χ2v) is 30.4. The van der Waals surface area contributed by atoms with E-state index in [2.05, 4.69) is 34.6 Å². The van der Waals surface area contributed by atoms with Crippen molar-refractivity contribution in [1.82, 2.24) is 0 Å². The summed E-state index contributed by atoms with van der Waals surface area (Å²) in [6.45, 7) is 7.18. The van der Waals surface area contributed by atoms with Crippen molar-refractivity contribution >= 4 is 39.5 Å². The molecule has 0 aromatic rings. The van der Waals surface area contributed by atoms with Crippen LogP contribution in [-0.2, 0) is 65.4 Å². The van der Waals surface area contributed by atoms with Crippen molar-refractivity contribution in [3.05, 3.63) is 0 Å². The van der Waals surface area contributed by atoms with Crippen molar-refractivity contribution < 1.29 is 80.2 Å². The predicted octanol–water partition coefficient (Wildman–Crippen LogP) is 22.1. The lowest BCUT2D eigenvalue weighted by atomic mass is 10.0. The molecule has 94 heavy (non-hydrogen) atoms. The van der Waals surface area contributed by atoms with Crippen LogP contribution in [0.25, 0.3) is 0 Å². The third kappa shape index (κ3) is 68.6. The van der Waals surface area contributed by atoms with Crippen molar-refractivity contribution in [2.75, 3.05) is 39.6 Å². The van der Waals surface area contributed by atoms with Crippen molar-refractivity contribution in [3.63, 3.8) is 0 Å². The SMILES string of the molecule is CCCCCCCCCCCCCCCCCCCCC(=O)OC[C@H](COP(=O)(O)OC[C@@H](O)COP(=O)(O)OC[C@@H](COC(=O)CCCCCCCCCCC)OC(=O)CCCCCCCCC(C)C)OC(=O)CCCCCCCCCCCCCCCCCCCC. The number of phosphoric acid groups is 2. The zero-order valence-electron chi connectivity index (χ0n) is 61.1. The number of phosphoric ester groups is 2. The molecule has 2 unspecified atom stereocenters. The van der Waals surface area contributed by atoms with Crippen LogP contribution in [0, 0.1) is 5.92 Å². The fourth-order valence-electron chi connectivity index (χ4n) is 11.5. The summed E-state index contributed by atoms with van der Waals surface area (Å²) in [5, 5.41) is 10.6. The van der Waals surface area contributed by atoms with Gasteiger partial charge < -0.3 is 33.8 Å². The Morgan fingerprint density at radius 2 is 0.489 bits per heavy atom. The Hall–Kier alpha value is -1.94. The number of carbonyl (C=O) groups is 4. The van der Waals surface area contributed by atoms with E-state index in [0.29, 0.717) is 31.6 Å². The monoisotopic (exact) mass is 1380 g/mol. The number of esters is 4. The Morgan fingerprint density at radius 3 is 0.723 bits per heavy atom. The summed E-state index contributed by atoms with van der Waals surface area (Å²) in [5.41, 5.74) is 0. The molecule has 0 fully saturated rings. The molecule has 3 N–H and O–H groups in total. The molecule has 0 saturated heterocycles. The van der Waals surface area contributed by atoms with E-state index in [-0.39, 0.29) is 25.7 Å². The number of rotatable bonds is 75. The number of ether oxygens (including phenoxy) is 4. The minimum atomic E-state index is -4.96. The van der Waals surface area contributed by atoms with E-state index in [0.717, 1.165) is 89.9 Å². The first-order valence-electron chi connectivity index (χ1n) is 39.1. The Kier molecular flexibility index (Phi) is 66.8. The molecule has 17 nitrogen and oxygen atoms in total. The van der Waals surface area contributed by atoms with Gasteiger partial charge in [0, 0.05) is 25.7 Å². The number of aliphatic hydroxyl groups is 1. The van der Waals surface area contributed by atoms with Gasteiger partial charge in [0.1, 0.15) is 19.3 Å². The van der Waals surface area contributed by atoms with E-state index < -0.39 is 97.5 Å². The number of hydrogen-bond acceptors (Lipinski definition) is 15. The number of unbranched alkanes of at least 4 members (excludes halogenated alkanes) is 47. The van der Waals surface area contributed by atoms with Crippen molar-refractivity contribution in [3.8, 4) is 0 Å². The molecule has 0 spiro atoms. The van der Waals surface area contributed by atoms with Crippen LogP contribution >= 0.6 is 15.6 Å². The number of carbonyl (C=O) groups excluding carboxylic acids is 4. The lowest BCUT2D eigenvalue weighted by Gasteiger charge is -2.21. The second kappa shape index (κ2) is 68.2. The molecule has 0 aromatic heterocycles. The molecule has 0 amide bonds. The second-order valence-electron chi connectivity index (χ2n) is 27.5. The van der Waals surface area contributed by atoms with E-state index >= 15 is 0 Å². The van der Waals surface area contributed by atoms with Gasteiger partial charge in [-0.3, -0.25) is 37.3 Å². The molecule has 0 aliphatic heterocycles. The molecular weight excluding hydrogens is 1230 g/mol. The molecule has 0 saturated carbocycles. The van der Waals surface area contributed by atoms with Crippen LogP contribution in [-0.4, -0.2) is 96.7 Å². The van der Waals surface area contributed by atoms with Gasteiger partial charge in [0.15, 0.2) is 12.2 Å². The highest BCUT2D eigenvalue weighted by molar-refractivity contribution is 7.47. The van der Waals surface area contributed by atoms with Crippen molar-refractivity contribution in [2.24, 2.45) is 5.92 Å². The van der Waals surface area contributed by atoms with Crippen LogP contribution < -0.4 is 0 Å². The van der Waals surface area contributed by atoms with E-state index in [4.69, 9.17) is 37.0 Å². The van der Waals surface area contributed by atoms with Gasteiger partial charge in [-0.15, -0.1) is 0 Å². The lowest BCUT2D eigenvalue weighted by molar-refractivity contribution is -0.161. The van der Waals surface area contributed by atoms with Crippen LogP contribution in [0.15, 0.2) is 0 Å². The molecule has 0 heterocycles. The van der Waals surface area contributed by atoms with Gasteiger partial charge in [-0.2, -0.15) is 0 Å². The van der Waals surface area contributed by atoms with Gasteiger partial charge >= 0.3 is 39.5 Å². The highest BCUT2D eigenvalue weighted by Gasteiger charge is 2.30. The fourth-order valence-corrected chi connectivity index (χ4v) is 13.1. The molecule has 19 heteroatoms. The maximum Gasteiger partial charge on any atom is 0.472 e. The molecule has 0 aliphatic carbocycles. The first-order chi connectivity index (χ1) is 45.5. The zero-order chi connectivity index (χ0) is 69.1. The third-order valence-corrected chi connectivity index (χ3v) is 19.4. The molecule has 0 aliphatic rings. The molecule has 0 rings (SSSR count). The topological polar surface area (TPSA) is 237 Å². The van der Waals surface area contributed by atoms with Crippen LogP contribution in [0.1, 0.15) is 394 Å². The van der Waals surface area contributed by atoms with Crippen molar-refractivity contribution in [1.29, 1.82) is 0 Å². The molecule has 558 valence electrons.